The lowest BCUT2D eigenvalue weighted by Gasteiger charge is -2.11. The number of halogens is 1. The van der Waals surface area contributed by atoms with E-state index in [2.05, 4.69) is 10.6 Å². The summed E-state index contributed by atoms with van der Waals surface area (Å²) in [6.45, 7) is 1.02. The van der Waals surface area contributed by atoms with Crippen LogP contribution in [0.15, 0.2) is 18.2 Å². The third kappa shape index (κ3) is 3.17. The van der Waals surface area contributed by atoms with Crippen molar-refractivity contribution in [3.05, 3.63) is 29.6 Å². The first-order valence-electron chi connectivity index (χ1n) is 5.62. The largest absolute Gasteiger partial charge is 0.508 e. The number of hydrogen-bond acceptors (Lipinski definition) is 3. The van der Waals surface area contributed by atoms with Crippen LogP contribution in [0, 0.1) is 5.82 Å². The minimum atomic E-state index is -0.423. The predicted molar refractivity (Wildman–Crippen MR) is 60.9 cm³/mol. The van der Waals surface area contributed by atoms with E-state index in [1.54, 1.807) is 6.07 Å². The van der Waals surface area contributed by atoms with Gasteiger partial charge in [-0.1, -0.05) is 6.07 Å². The molecule has 17 heavy (non-hydrogen) atoms. The fourth-order valence-electron chi connectivity index (χ4n) is 1.89. The fourth-order valence-corrected chi connectivity index (χ4v) is 1.89. The molecular formula is C12H15FN2O2. The number of phenolic OH excluding ortho intramolecular Hbond substituents is 1. The lowest BCUT2D eigenvalue weighted by Crippen LogP contribution is -2.35. The second kappa shape index (κ2) is 5.14. The highest BCUT2D eigenvalue weighted by molar-refractivity contribution is 5.78. The summed E-state index contributed by atoms with van der Waals surface area (Å²) in [4.78, 5) is 11.0. The molecule has 1 fully saturated rings. The molecule has 1 aliphatic rings. The monoisotopic (exact) mass is 238 g/mol. The maximum atomic E-state index is 13.3. The Morgan fingerprint density at radius 1 is 1.53 bits per heavy atom. The van der Waals surface area contributed by atoms with Crippen LogP contribution in [0.5, 0.6) is 5.75 Å². The van der Waals surface area contributed by atoms with Crippen molar-refractivity contribution in [3.63, 3.8) is 0 Å². The molecule has 0 aliphatic carbocycles. The Kier molecular flexibility index (Phi) is 3.58. The number of phenols is 1. The van der Waals surface area contributed by atoms with Crippen molar-refractivity contribution in [1.29, 1.82) is 0 Å². The van der Waals surface area contributed by atoms with E-state index in [0.717, 1.165) is 12.5 Å². The van der Waals surface area contributed by atoms with E-state index in [1.165, 1.54) is 6.07 Å². The Balaban J connectivity index is 1.80. The molecule has 1 aromatic rings. The molecule has 0 aromatic heterocycles. The molecule has 1 unspecified atom stereocenters. The van der Waals surface area contributed by atoms with Gasteiger partial charge in [-0.05, 0) is 12.5 Å². The van der Waals surface area contributed by atoms with Gasteiger partial charge in [-0.3, -0.25) is 4.79 Å². The van der Waals surface area contributed by atoms with E-state index in [0.29, 0.717) is 25.1 Å². The van der Waals surface area contributed by atoms with E-state index in [9.17, 15) is 9.18 Å². The molecule has 4 nitrogen and oxygen atoms in total. The van der Waals surface area contributed by atoms with Crippen LogP contribution < -0.4 is 10.6 Å². The van der Waals surface area contributed by atoms with Gasteiger partial charge in [0.2, 0.25) is 5.91 Å². The van der Waals surface area contributed by atoms with Crippen molar-refractivity contribution in [2.45, 2.75) is 25.4 Å². The molecule has 1 saturated heterocycles. The van der Waals surface area contributed by atoms with Crippen LogP contribution in [-0.2, 0) is 11.3 Å². The molecule has 0 radical (unpaired) electrons. The van der Waals surface area contributed by atoms with Crippen molar-refractivity contribution in [2.75, 3.05) is 6.54 Å². The molecular weight excluding hydrogens is 223 g/mol. The van der Waals surface area contributed by atoms with Gasteiger partial charge in [-0.25, -0.2) is 4.39 Å². The van der Waals surface area contributed by atoms with Crippen LogP contribution in [0.1, 0.15) is 18.4 Å². The summed E-state index contributed by atoms with van der Waals surface area (Å²) >= 11 is 0. The maximum Gasteiger partial charge on any atom is 0.220 e. The number of rotatable bonds is 4. The number of hydrogen-bond donors (Lipinski definition) is 3. The van der Waals surface area contributed by atoms with Gasteiger partial charge in [-0.2, -0.15) is 0 Å². The summed E-state index contributed by atoms with van der Waals surface area (Å²) < 4.78 is 13.3. The standard InChI is InChI=1S/C12H15FN2O2/c13-11-5-10(16)3-1-8(11)6-14-7-9-2-4-12(17)15-9/h1,3,5,9,14,16H,2,4,6-7H2,(H,15,17). The van der Waals surface area contributed by atoms with Gasteiger partial charge in [0, 0.05) is 37.2 Å². The van der Waals surface area contributed by atoms with Crippen LogP contribution in [0.4, 0.5) is 4.39 Å². The van der Waals surface area contributed by atoms with Gasteiger partial charge in [0.25, 0.3) is 0 Å². The molecule has 1 atom stereocenters. The Labute approximate surface area is 98.8 Å². The zero-order valence-electron chi connectivity index (χ0n) is 9.37. The van der Waals surface area contributed by atoms with Crippen molar-refractivity contribution in [2.24, 2.45) is 0 Å². The quantitative estimate of drug-likeness (QED) is 0.730. The average molecular weight is 238 g/mol. The van der Waals surface area contributed by atoms with Gasteiger partial charge in [0.05, 0.1) is 0 Å². The summed E-state index contributed by atoms with van der Waals surface area (Å²) in [5.41, 5.74) is 0.507. The van der Waals surface area contributed by atoms with Crippen molar-refractivity contribution >= 4 is 5.91 Å². The van der Waals surface area contributed by atoms with Crippen molar-refractivity contribution < 1.29 is 14.3 Å². The van der Waals surface area contributed by atoms with Crippen LogP contribution in [0.25, 0.3) is 0 Å². The summed E-state index contributed by atoms with van der Waals surface area (Å²) in [6, 6.07) is 4.24. The normalized spacial score (nSPS) is 19.4. The highest BCUT2D eigenvalue weighted by atomic mass is 19.1. The minimum absolute atomic E-state index is 0.0747. The van der Waals surface area contributed by atoms with Gasteiger partial charge < -0.3 is 15.7 Å². The van der Waals surface area contributed by atoms with Crippen molar-refractivity contribution in [1.82, 2.24) is 10.6 Å². The lowest BCUT2D eigenvalue weighted by molar-refractivity contribution is -0.119. The summed E-state index contributed by atoms with van der Waals surface area (Å²) in [6.07, 6.45) is 1.39. The number of amides is 1. The van der Waals surface area contributed by atoms with Gasteiger partial charge in [-0.15, -0.1) is 0 Å². The van der Waals surface area contributed by atoms with Gasteiger partial charge in [0.15, 0.2) is 0 Å². The van der Waals surface area contributed by atoms with E-state index >= 15 is 0 Å². The van der Waals surface area contributed by atoms with Crippen molar-refractivity contribution in [3.8, 4) is 5.75 Å². The van der Waals surface area contributed by atoms with E-state index in [4.69, 9.17) is 5.11 Å². The maximum absolute atomic E-state index is 13.3. The summed E-state index contributed by atoms with van der Waals surface area (Å²) in [5, 5.41) is 15.0. The minimum Gasteiger partial charge on any atom is -0.508 e. The second-order valence-electron chi connectivity index (χ2n) is 4.21. The fraction of sp³-hybridized carbons (Fsp3) is 0.417. The molecule has 0 bridgehead atoms. The average Bonchev–Trinajstić information content (AvgIpc) is 2.68. The first kappa shape index (κ1) is 11.9. The highest BCUT2D eigenvalue weighted by Gasteiger charge is 2.19. The number of benzene rings is 1. The zero-order valence-corrected chi connectivity index (χ0v) is 9.37. The zero-order chi connectivity index (χ0) is 12.3. The Hall–Kier alpha value is -1.62. The molecule has 3 N–H and O–H groups in total. The molecule has 0 saturated carbocycles. The molecule has 92 valence electrons. The Morgan fingerprint density at radius 2 is 2.35 bits per heavy atom. The summed E-state index contributed by atoms with van der Waals surface area (Å²) in [5.74, 6) is -0.421. The summed E-state index contributed by atoms with van der Waals surface area (Å²) in [7, 11) is 0. The Morgan fingerprint density at radius 3 is 3.00 bits per heavy atom. The van der Waals surface area contributed by atoms with Crippen LogP contribution in [-0.4, -0.2) is 23.6 Å². The number of aromatic hydroxyl groups is 1. The van der Waals surface area contributed by atoms with E-state index in [1.807, 2.05) is 0 Å². The molecule has 1 aliphatic heterocycles. The van der Waals surface area contributed by atoms with Gasteiger partial charge in [0.1, 0.15) is 11.6 Å². The third-order valence-corrected chi connectivity index (χ3v) is 2.83. The molecule has 2 rings (SSSR count). The van der Waals surface area contributed by atoms with Crippen LogP contribution >= 0.6 is 0 Å². The first-order valence-corrected chi connectivity index (χ1v) is 5.62. The molecule has 5 heteroatoms. The SMILES string of the molecule is O=C1CCC(CNCc2ccc(O)cc2F)N1. The number of nitrogens with one attached hydrogen (secondary N) is 2. The molecule has 1 amide bonds. The predicted octanol–water partition coefficient (Wildman–Crippen LogP) is 0.899. The topological polar surface area (TPSA) is 61.4 Å². The van der Waals surface area contributed by atoms with E-state index in [-0.39, 0.29) is 17.7 Å². The number of carbonyl (C=O) groups excluding carboxylic acids is 1. The smallest absolute Gasteiger partial charge is 0.220 e. The van der Waals surface area contributed by atoms with E-state index < -0.39 is 5.82 Å². The van der Waals surface area contributed by atoms with Crippen LogP contribution in [0.2, 0.25) is 0 Å². The third-order valence-electron chi connectivity index (χ3n) is 2.83. The van der Waals surface area contributed by atoms with Crippen LogP contribution in [0.3, 0.4) is 0 Å². The lowest BCUT2D eigenvalue weighted by atomic mass is 10.2. The number of carbonyl (C=O) groups is 1. The highest BCUT2D eigenvalue weighted by Crippen LogP contribution is 2.14. The molecule has 1 heterocycles. The second-order valence-corrected chi connectivity index (χ2v) is 4.21. The molecule has 1 aromatic carbocycles. The first-order chi connectivity index (χ1) is 8.15. The van der Waals surface area contributed by atoms with Gasteiger partial charge >= 0.3 is 0 Å². The Bertz CT molecular complexity index is 423. The molecule has 0 spiro atoms.